The van der Waals surface area contributed by atoms with Gasteiger partial charge in [-0.15, -0.1) is 12.4 Å². The van der Waals surface area contributed by atoms with Crippen LogP contribution in [0.5, 0.6) is 0 Å². The molecule has 0 spiro atoms. The van der Waals surface area contributed by atoms with E-state index < -0.39 is 6.43 Å². The van der Waals surface area contributed by atoms with Crippen LogP contribution in [0.3, 0.4) is 0 Å². The van der Waals surface area contributed by atoms with Crippen molar-refractivity contribution in [2.45, 2.75) is 18.9 Å². The van der Waals surface area contributed by atoms with Crippen LogP contribution < -0.4 is 5.32 Å². The molecule has 0 aliphatic carbocycles. The van der Waals surface area contributed by atoms with E-state index in [1.807, 2.05) is 12.1 Å². The highest BCUT2D eigenvalue weighted by Crippen LogP contribution is 2.28. The minimum atomic E-state index is -2.29. The molecule has 0 bridgehead atoms. The van der Waals surface area contributed by atoms with E-state index in [-0.39, 0.29) is 24.9 Å². The number of nitrogens with zero attached hydrogens (tertiary/aromatic N) is 1. The first-order valence-electron chi connectivity index (χ1n) is 6.15. The minimum absolute atomic E-state index is 0. The van der Waals surface area contributed by atoms with E-state index in [4.69, 9.17) is 11.6 Å². The van der Waals surface area contributed by atoms with Crippen molar-refractivity contribution in [2.24, 2.45) is 0 Å². The Kier molecular flexibility index (Phi) is 7.00. The number of alkyl halides is 2. The lowest BCUT2D eigenvalue weighted by molar-refractivity contribution is 0.0739. The van der Waals surface area contributed by atoms with Gasteiger partial charge in [0.05, 0.1) is 0 Å². The molecule has 1 atom stereocenters. The molecule has 0 aromatic heterocycles. The third-order valence-electron chi connectivity index (χ3n) is 3.25. The molecule has 108 valence electrons. The maximum absolute atomic E-state index is 12.7. The van der Waals surface area contributed by atoms with E-state index in [0.717, 1.165) is 31.7 Å². The normalized spacial score (nSPS) is 18.1. The molecule has 0 unspecified atom stereocenters. The summed E-state index contributed by atoms with van der Waals surface area (Å²) >= 11 is 5.84. The Bertz CT molecular complexity index is 367. The number of hydrogen-bond donors (Lipinski definition) is 1. The van der Waals surface area contributed by atoms with E-state index in [1.54, 1.807) is 12.1 Å². The first-order valence-corrected chi connectivity index (χ1v) is 6.53. The van der Waals surface area contributed by atoms with E-state index in [1.165, 1.54) is 0 Å². The highest BCUT2D eigenvalue weighted by atomic mass is 35.5. The van der Waals surface area contributed by atoms with Crippen molar-refractivity contribution >= 4 is 24.0 Å². The lowest BCUT2D eigenvalue weighted by Gasteiger charge is -2.35. The zero-order valence-corrected chi connectivity index (χ0v) is 12.1. The molecule has 1 aliphatic rings. The second-order valence-electron chi connectivity index (χ2n) is 4.48. The number of rotatable bonds is 4. The van der Waals surface area contributed by atoms with E-state index in [2.05, 4.69) is 10.2 Å². The van der Waals surface area contributed by atoms with Crippen molar-refractivity contribution in [1.82, 2.24) is 10.2 Å². The quantitative estimate of drug-likeness (QED) is 0.917. The lowest BCUT2D eigenvalue weighted by Crippen LogP contribution is -2.45. The van der Waals surface area contributed by atoms with Gasteiger partial charge in [0.25, 0.3) is 0 Å². The minimum Gasteiger partial charge on any atom is -0.314 e. The van der Waals surface area contributed by atoms with Gasteiger partial charge in [0, 0.05) is 43.7 Å². The largest absolute Gasteiger partial charge is 0.314 e. The smallest absolute Gasteiger partial charge is 0.240 e. The van der Waals surface area contributed by atoms with Crippen molar-refractivity contribution in [3.05, 3.63) is 34.9 Å². The summed E-state index contributed by atoms with van der Waals surface area (Å²) in [7, 11) is 0. The molecule has 1 fully saturated rings. The number of benzene rings is 1. The fourth-order valence-corrected chi connectivity index (χ4v) is 2.47. The number of nitrogens with one attached hydrogen (secondary N) is 1. The van der Waals surface area contributed by atoms with Gasteiger partial charge in [0.1, 0.15) is 0 Å². The zero-order chi connectivity index (χ0) is 13.0. The lowest BCUT2D eigenvalue weighted by atomic mass is 10.0. The van der Waals surface area contributed by atoms with Gasteiger partial charge in [0.2, 0.25) is 6.43 Å². The van der Waals surface area contributed by atoms with Gasteiger partial charge >= 0.3 is 0 Å². The summed E-state index contributed by atoms with van der Waals surface area (Å²) in [5.41, 5.74) is 0.918. The van der Waals surface area contributed by atoms with Gasteiger partial charge < -0.3 is 5.32 Å². The first kappa shape index (κ1) is 16.6. The molecule has 0 saturated carbocycles. The van der Waals surface area contributed by atoms with Crippen LogP contribution in [0, 0.1) is 0 Å². The summed E-state index contributed by atoms with van der Waals surface area (Å²) in [5.74, 6) is 0. The SMILES string of the molecule is Cl.FC(F)C[C@@H](c1ccc(Cl)cc1)N1CCNCC1. The molecule has 1 aromatic carbocycles. The van der Waals surface area contributed by atoms with Gasteiger partial charge in [0.15, 0.2) is 0 Å². The molecule has 1 aromatic rings. The maximum atomic E-state index is 12.7. The second-order valence-corrected chi connectivity index (χ2v) is 4.92. The molecule has 1 saturated heterocycles. The summed E-state index contributed by atoms with van der Waals surface area (Å²) in [5, 5.41) is 3.87. The van der Waals surface area contributed by atoms with Crippen LogP contribution in [0.15, 0.2) is 24.3 Å². The highest BCUT2D eigenvalue weighted by molar-refractivity contribution is 6.30. The van der Waals surface area contributed by atoms with Crippen LogP contribution in [0.2, 0.25) is 5.02 Å². The topological polar surface area (TPSA) is 15.3 Å². The van der Waals surface area contributed by atoms with Gasteiger partial charge in [-0.3, -0.25) is 4.90 Å². The molecule has 1 heterocycles. The Morgan fingerprint density at radius 2 is 1.74 bits per heavy atom. The fourth-order valence-electron chi connectivity index (χ4n) is 2.34. The van der Waals surface area contributed by atoms with Crippen LogP contribution >= 0.6 is 24.0 Å². The fraction of sp³-hybridized carbons (Fsp3) is 0.538. The van der Waals surface area contributed by atoms with E-state index in [9.17, 15) is 8.78 Å². The summed E-state index contributed by atoms with van der Waals surface area (Å²) < 4.78 is 25.5. The molecule has 2 rings (SSSR count). The molecule has 1 aliphatic heterocycles. The summed E-state index contributed by atoms with van der Waals surface area (Å²) in [6.45, 7) is 3.32. The Balaban J connectivity index is 0.00000180. The summed E-state index contributed by atoms with van der Waals surface area (Å²) in [6.07, 6.45) is -2.41. The Hall–Kier alpha value is -0.420. The molecule has 1 N–H and O–H groups in total. The average Bonchev–Trinajstić information content (AvgIpc) is 2.38. The van der Waals surface area contributed by atoms with Crippen LogP contribution in [0.4, 0.5) is 8.78 Å². The molecular formula is C13H18Cl2F2N2. The van der Waals surface area contributed by atoms with Gasteiger partial charge in [-0.05, 0) is 17.7 Å². The number of halogens is 4. The van der Waals surface area contributed by atoms with Gasteiger partial charge in [-0.1, -0.05) is 23.7 Å². The predicted molar refractivity (Wildman–Crippen MR) is 76.5 cm³/mol. The molecule has 2 nitrogen and oxygen atoms in total. The van der Waals surface area contributed by atoms with E-state index in [0.29, 0.717) is 5.02 Å². The summed E-state index contributed by atoms with van der Waals surface area (Å²) in [4.78, 5) is 2.12. The van der Waals surface area contributed by atoms with Crippen LogP contribution in [0.25, 0.3) is 0 Å². The molecule has 19 heavy (non-hydrogen) atoms. The Labute approximate surface area is 123 Å². The third kappa shape index (κ3) is 4.88. The van der Waals surface area contributed by atoms with Crippen molar-refractivity contribution in [3.63, 3.8) is 0 Å². The van der Waals surface area contributed by atoms with Crippen molar-refractivity contribution < 1.29 is 8.78 Å². The molecular weight excluding hydrogens is 293 g/mol. The average molecular weight is 311 g/mol. The second kappa shape index (κ2) is 8.00. The maximum Gasteiger partial charge on any atom is 0.240 e. The number of piperazine rings is 1. The van der Waals surface area contributed by atoms with Crippen LogP contribution in [0.1, 0.15) is 18.0 Å². The first-order chi connectivity index (χ1) is 8.66. The third-order valence-corrected chi connectivity index (χ3v) is 3.50. The summed E-state index contributed by atoms with van der Waals surface area (Å²) in [6, 6.07) is 6.99. The van der Waals surface area contributed by atoms with Crippen molar-refractivity contribution in [1.29, 1.82) is 0 Å². The Morgan fingerprint density at radius 1 is 1.16 bits per heavy atom. The zero-order valence-electron chi connectivity index (χ0n) is 10.5. The standard InChI is InChI=1S/C13H17ClF2N2.ClH/c14-11-3-1-10(2-4-11)12(9-13(15)16)18-7-5-17-6-8-18;/h1-4,12-13,17H,5-9H2;1H/t12-;/m0./s1. The van der Waals surface area contributed by atoms with Crippen molar-refractivity contribution in [3.8, 4) is 0 Å². The monoisotopic (exact) mass is 310 g/mol. The van der Waals surface area contributed by atoms with Gasteiger partial charge in [-0.2, -0.15) is 0 Å². The molecule has 0 radical (unpaired) electrons. The van der Waals surface area contributed by atoms with E-state index >= 15 is 0 Å². The Morgan fingerprint density at radius 3 is 2.26 bits per heavy atom. The van der Waals surface area contributed by atoms with Crippen LogP contribution in [-0.2, 0) is 0 Å². The highest BCUT2D eigenvalue weighted by Gasteiger charge is 2.25. The van der Waals surface area contributed by atoms with Gasteiger partial charge in [-0.25, -0.2) is 8.78 Å². The van der Waals surface area contributed by atoms with Crippen molar-refractivity contribution in [2.75, 3.05) is 26.2 Å². The predicted octanol–water partition coefficient (Wildman–Crippen LogP) is 3.36. The number of hydrogen-bond acceptors (Lipinski definition) is 2. The molecule has 0 amide bonds. The molecule has 6 heteroatoms. The van der Waals surface area contributed by atoms with Crippen LogP contribution in [-0.4, -0.2) is 37.5 Å².